The van der Waals surface area contributed by atoms with Crippen molar-refractivity contribution in [3.63, 3.8) is 0 Å². The number of fused-ring (bicyclic) bond motifs is 3. The lowest BCUT2D eigenvalue weighted by Gasteiger charge is -2.07. The summed E-state index contributed by atoms with van der Waals surface area (Å²) in [5.74, 6) is -0.510. The van der Waals surface area contributed by atoms with Crippen LogP contribution in [-0.2, 0) is 9.53 Å². The lowest BCUT2D eigenvalue weighted by atomic mass is 10.1. The van der Waals surface area contributed by atoms with E-state index in [1.165, 1.54) is 7.11 Å². The fraction of sp³-hybridized carbons (Fsp3) is 0.125. The monoisotopic (exact) mass is 298 g/mol. The normalized spacial score (nSPS) is 10.8. The molecule has 0 radical (unpaired) electrons. The lowest BCUT2D eigenvalue weighted by molar-refractivity contribution is -0.142. The van der Waals surface area contributed by atoms with Crippen molar-refractivity contribution in [2.45, 2.75) is 0 Å². The average molecular weight is 298 g/mol. The Hall–Kier alpha value is -3.02. The van der Waals surface area contributed by atoms with Crippen LogP contribution >= 0.6 is 0 Å². The van der Waals surface area contributed by atoms with Crippen molar-refractivity contribution in [1.29, 1.82) is 0 Å². The summed E-state index contributed by atoms with van der Waals surface area (Å²) in [4.78, 5) is 26.2. The molecule has 0 spiro atoms. The second kappa shape index (κ2) is 5.40. The number of methoxy groups -OCH3 is 1. The number of esters is 1. The van der Waals surface area contributed by atoms with Crippen molar-refractivity contribution >= 4 is 33.7 Å². The number of carbonyl (C=O) groups excluding carboxylic acids is 2. The highest BCUT2D eigenvalue weighted by molar-refractivity contribution is 6.19. The molecular weight excluding hydrogens is 284 g/mol. The van der Waals surface area contributed by atoms with Crippen LogP contribution < -0.4 is 10.5 Å². The number of aromatic nitrogens is 1. The predicted octanol–water partition coefficient (Wildman–Crippen LogP) is 1.97. The van der Waals surface area contributed by atoms with Gasteiger partial charge in [-0.25, -0.2) is 4.79 Å². The molecule has 0 aliphatic carbocycles. The molecule has 3 rings (SSSR count). The Morgan fingerprint density at radius 2 is 1.77 bits per heavy atom. The van der Waals surface area contributed by atoms with E-state index < -0.39 is 11.9 Å². The third-order valence-corrected chi connectivity index (χ3v) is 3.45. The molecule has 0 saturated heterocycles. The molecule has 1 aromatic heterocycles. The van der Waals surface area contributed by atoms with Crippen LogP contribution in [0.15, 0.2) is 36.4 Å². The standard InChI is InChI=1S/C16H14N2O4/c1-21-13(19)8-22-12-7-3-6-11-15(12)14-9(16(17)20)4-2-5-10(14)18-11/h2-7,18H,8H2,1H3,(H2,17,20). The molecule has 2 aromatic carbocycles. The smallest absolute Gasteiger partial charge is 0.343 e. The Labute approximate surface area is 125 Å². The van der Waals surface area contributed by atoms with Gasteiger partial charge in [0.25, 0.3) is 0 Å². The van der Waals surface area contributed by atoms with E-state index in [9.17, 15) is 9.59 Å². The predicted molar refractivity (Wildman–Crippen MR) is 81.8 cm³/mol. The molecule has 22 heavy (non-hydrogen) atoms. The molecule has 1 amide bonds. The van der Waals surface area contributed by atoms with Crippen LogP contribution in [0.2, 0.25) is 0 Å². The summed E-state index contributed by atoms with van der Waals surface area (Å²) in [6.45, 7) is -0.207. The molecular formula is C16H14N2O4. The highest BCUT2D eigenvalue weighted by Gasteiger charge is 2.16. The molecule has 1 heterocycles. The fourth-order valence-corrected chi connectivity index (χ4v) is 2.49. The second-order valence-corrected chi connectivity index (χ2v) is 4.76. The number of nitrogens with one attached hydrogen (secondary N) is 1. The first-order chi connectivity index (χ1) is 10.6. The fourth-order valence-electron chi connectivity index (χ4n) is 2.49. The van der Waals surface area contributed by atoms with Crippen LogP contribution in [0.1, 0.15) is 10.4 Å². The van der Waals surface area contributed by atoms with Crippen LogP contribution in [0, 0.1) is 0 Å². The Kier molecular flexibility index (Phi) is 3.42. The zero-order valence-electron chi connectivity index (χ0n) is 11.9. The number of primary amides is 1. The first-order valence-electron chi connectivity index (χ1n) is 6.64. The zero-order valence-corrected chi connectivity index (χ0v) is 11.9. The van der Waals surface area contributed by atoms with Gasteiger partial charge in [0.05, 0.1) is 18.0 Å². The van der Waals surface area contributed by atoms with Crippen molar-refractivity contribution in [3.8, 4) is 5.75 Å². The van der Waals surface area contributed by atoms with E-state index >= 15 is 0 Å². The van der Waals surface area contributed by atoms with Gasteiger partial charge in [-0.15, -0.1) is 0 Å². The van der Waals surface area contributed by atoms with E-state index in [-0.39, 0.29) is 6.61 Å². The van der Waals surface area contributed by atoms with Crippen molar-refractivity contribution in [1.82, 2.24) is 4.98 Å². The maximum Gasteiger partial charge on any atom is 0.343 e. The maximum atomic E-state index is 11.7. The minimum Gasteiger partial charge on any atom is -0.481 e. The SMILES string of the molecule is COC(=O)COc1cccc2[nH]c3cccc(C(N)=O)c3c12. The van der Waals surface area contributed by atoms with Crippen molar-refractivity contribution in [2.24, 2.45) is 5.73 Å². The van der Waals surface area contributed by atoms with Gasteiger partial charge in [-0.05, 0) is 24.3 Å². The molecule has 0 fully saturated rings. The number of rotatable bonds is 4. The third-order valence-electron chi connectivity index (χ3n) is 3.45. The highest BCUT2D eigenvalue weighted by Crippen LogP contribution is 2.35. The molecule has 112 valence electrons. The number of hydrogen-bond acceptors (Lipinski definition) is 4. The molecule has 3 N–H and O–H groups in total. The van der Waals surface area contributed by atoms with E-state index in [1.54, 1.807) is 24.3 Å². The van der Waals surface area contributed by atoms with E-state index in [2.05, 4.69) is 9.72 Å². The van der Waals surface area contributed by atoms with Crippen LogP contribution in [0.3, 0.4) is 0 Å². The van der Waals surface area contributed by atoms with Crippen molar-refractivity contribution in [2.75, 3.05) is 13.7 Å². The Bertz CT molecular complexity index is 882. The first kappa shape index (κ1) is 13.9. The third kappa shape index (κ3) is 2.24. The van der Waals surface area contributed by atoms with E-state index in [4.69, 9.17) is 10.5 Å². The first-order valence-corrected chi connectivity index (χ1v) is 6.64. The van der Waals surface area contributed by atoms with E-state index in [0.717, 1.165) is 16.4 Å². The zero-order chi connectivity index (χ0) is 15.7. The summed E-state index contributed by atoms with van der Waals surface area (Å²) in [5.41, 5.74) is 7.43. The number of ether oxygens (including phenoxy) is 2. The summed E-state index contributed by atoms with van der Waals surface area (Å²) in [7, 11) is 1.29. The summed E-state index contributed by atoms with van der Waals surface area (Å²) < 4.78 is 10.1. The molecule has 0 saturated carbocycles. The molecule has 6 heteroatoms. The van der Waals surface area contributed by atoms with Gasteiger partial charge in [0.15, 0.2) is 6.61 Å². The number of H-pyrrole nitrogens is 1. The molecule has 6 nitrogen and oxygen atoms in total. The van der Waals surface area contributed by atoms with Gasteiger partial charge in [-0.1, -0.05) is 12.1 Å². The minimum atomic E-state index is -0.519. The average Bonchev–Trinajstić information content (AvgIpc) is 2.91. The Morgan fingerprint density at radius 1 is 1.09 bits per heavy atom. The van der Waals surface area contributed by atoms with Gasteiger partial charge in [0, 0.05) is 16.5 Å². The lowest BCUT2D eigenvalue weighted by Crippen LogP contribution is -2.13. The summed E-state index contributed by atoms with van der Waals surface area (Å²) >= 11 is 0. The minimum absolute atomic E-state index is 0.207. The molecule has 0 aliphatic heterocycles. The van der Waals surface area contributed by atoms with Crippen LogP contribution in [0.4, 0.5) is 0 Å². The number of nitrogens with two attached hydrogens (primary N) is 1. The summed E-state index contributed by atoms with van der Waals surface area (Å²) in [6, 6.07) is 10.7. The van der Waals surface area contributed by atoms with Crippen molar-refractivity contribution < 1.29 is 19.1 Å². The van der Waals surface area contributed by atoms with Crippen LogP contribution in [-0.4, -0.2) is 30.6 Å². The number of aromatic amines is 1. The van der Waals surface area contributed by atoms with Gasteiger partial charge in [0.1, 0.15) is 5.75 Å². The van der Waals surface area contributed by atoms with E-state index in [0.29, 0.717) is 16.7 Å². The molecule has 0 atom stereocenters. The number of carbonyl (C=O) groups is 2. The highest BCUT2D eigenvalue weighted by atomic mass is 16.6. The van der Waals surface area contributed by atoms with Crippen molar-refractivity contribution in [3.05, 3.63) is 42.0 Å². The number of benzene rings is 2. The van der Waals surface area contributed by atoms with Gasteiger partial charge in [-0.3, -0.25) is 4.79 Å². The van der Waals surface area contributed by atoms with Gasteiger partial charge in [0.2, 0.25) is 5.91 Å². The van der Waals surface area contributed by atoms with Crippen LogP contribution in [0.5, 0.6) is 5.75 Å². The molecule has 3 aromatic rings. The number of amides is 1. The Balaban J connectivity index is 2.23. The van der Waals surface area contributed by atoms with Gasteiger partial charge >= 0.3 is 5.97 Å². The van der Waals surface area contributed by atoms with Gasteiger partial charge < -0.3 is 20.2 Å². The second-order valence-electron chi connectivity index (χ2n) is 4.76. The topological polar surface area (TPSA) is 94.4 Å². The molecule has 0 unspecified atom stereocenters. The quantitative estimate of drug-likeness (QED) is 0.720. The van der Waals surface area contributed by atoms with Gasteiger partial charge in [-0.2, -0.15) is 0 Å². The number of hydrogen-bond donors (Lipinski definition) is 2. The molecule has 0 bridgehead atoms. The summed E-state index contributed by atoms with van der Waals surface area (Å²) in [5, 5.41) is 1.40. The molecule has 0 aliphatic rings. The largest absolute Gasteiger partial charge is 0.481 e. The van der Waals surface area contributed by atoms with Crippen LogP contribution in [0.25, 0.3) is 21.8 Å². The maximum absolute atomic E-state index is 11.7. The van der Waals surface area contributed by atoms with E-state index in [1.807, 2.05) is 12.1 Å². The summed E-state index contributed by atoms with van der Waals surface area (Å²) in [6.07, 6.45) is 0. The Morgan fingerprint density at radius 3 is 2.45 bits per heavy atom.